The summed E-state index contributed by atoms with van der Waals surface area (Å²) >= 11 is 11.2. The van der Waals surface area contributed by atoms with E-state index in [9.17, 15) is 0 Å². The predicted molar refractivity (Wildman–Crippen MR) is 45.4 cm³/mol. The largest absolute Gasteiger partial charge is 0.483 e. The molecule has 11 heavy (non-hydrogen) atoms. The molecule has 0 aliphatic rings. The molecule has 0 aromatic rings. The molecule has 0 heterocycles. The number of hydrogen-bond donors (Lipinski definition) is 2. The Hall–Kier alpha value is 1.19. The van der Waals surface area contributed by atoms with Crippen LogP contribution in [-0.2, 0) is 21.1 Å². The quantitative estimate of drug-likeness (QED) is 0.443. The van der Waals surface area contributed by atoms with Gasteiger partial charge in [0.1, 0.15) is 0 Å². The minimum Gasteiger partial charge on any atom is -0.483 e. The van der Waals surface area contributed by atoms with Gasteiger partial charge in [0.2, 0.25) is 0 Å². The van der Waals surface area contributed by atoms with Crippen molar-refractivity contribution in [3.05, 3.63) is 6.54 Å². The van der Waals surface area contributed by atoms with Crippen LogP contribution < -0.4 is 11.5 Å². The number of hydrogen-bond acceptors (Lipinski definition) is 2. The molecule has 0 spiro atoms. The molecule has 2 nitrogen and oxygen atoms in total. The summed E-state index contributed by atoms with van der Waals surface area (Å²) in [4.78, 5) is 0. The monoisotopic (exact) mass is 378 g/mol. The van der Waals surface area contributed by atoms with Crippen LogP contribution in [0.15, 0.2) is 0 Å². The molecule has 5 heteroatoms. The molecular formula is C6H13Cl2N2Pt-. The molecule has 2 atom stereocenters. The van der Waals surface area contributed by atoms with Crippen molar-refractivity contribution in [1.29, 1.82) is 0 Å². The number of nitrogens with two attached hydrogens (primary N) is 2. The molecule has 2 unspecified atom stereocenters. The van der Waals surface area contributed by atoms with Crippen LogP contribution in [0.5, 0.6) is 0 Å². The van der Waals surface area contributed by atoms with Gasteiger partial charge in [0.15, 0.2) is 4.46 Å². The Morgan fingerprint density at radius 3 is 1.82 bits per heavy atom. The van der Waals surface area contributed by atoms with Crippen molar-refractivity contribution in [2.45, 2.75) is 18.3 Å². The van der Waals surface area contributed by atoms with E-state index in [1.165, 1.54) is 6.54 Å². The number of rotatable bonds is 3. The van der Waals surface area contributed by atoms with E-state index in [-0.39, 0.29) is 32.9 Å². The van der Waals surface area contributed by atoms with Crippen molar-refractivity contribution in [3.8, 4) is 0 Å². The minimum absolute atomic E-state index is 0. The van der Waals surface area contributed by atoms with E-state index in [0.29, 0.717) is 0 Å². The molecule has 0 aliphatic heterocycles. The van der Waals surface area contributed by atoms with Crippen LogP contribution in [0.1, 0.15) is 13.8 Å². The second kappa shape index (κ2) is 5.77. The first-order valence-electron chi connectivity index (χ1n) is 3.11. The van der Waals surface area contributed by atoms with E-state index >= 15 is 0 Å². The third kappa shape index (κ3) is 5.43. The fourth-order valence-corrected chi connectivity index (χ4v) is 0.915. The molecule has 0 aromatic heterocycles. The van der Waals surface area contributed by atoms with Crippen LogP contribution in [0.3, 0.4) is 0 Å². The molecule has 0 aliphatic carbocycles. The van der Waals surface area contributed by atoms with E-state index in [0.717, 1.165) is 0 Å². The summed E-state index contributed by atoms with van der Waals surface area (Å²) in [5, 5.41) is 0. The summed E-state index contributed by atoms with van der Waals surface area (Å²) in [5.41, 5.74) is 10.7. The van der Waals surface area contributed by atoms with Crippen molar-refractivity contribution >= 4 is 23.2 Å². The molecule has 0 aromatic carbocycles. The van der Waals surface area contributed by atoms with Crippen LogP contribution >= 0.6 is 23.2 Å². The molecule has 0 rings (SSSR count). The third-order valence-electron chi connectivity index (χ3n) is 1.70. The molecule has 0 amide bonds. The average Bonchev–Trinajstić information content (AvgIpc) is 1.83. The van der Waals surface area contributed by atoms with E-state index < -0.39 is 4.46 Å². The van der Waals surface area contributed by atoms with Crippen LogP contribution in [0.2, 0.25) is 0 Å². The van der Waals surface area contributed by atoms with Crippen molar-refractivity contribution < 1.29 is 21.1 Å². The third-order valence-corrected chi connectivity index (χ3v) is 2.39. The zero-order chi connectivity index (χ0) is 8.36. The molecule has 0 bridgehead atoms. The zero-order valence-electron chi connectivity index (χ0n) is 6.46. The molecule has 0 saturated carbocycles. The predicted octanol–water partition coefficient (Wildman–Crippen LogP) is 1.47. The number of halogens is 2. The SMILES string of the molecule is CC([CH-]N)C(C)C(N)(Cl)Cl.[Pt]. The standard InChI is InChI=1S/C6H13Cl2N2.Pt/c1-4(3-9)5(2)6(7,8)10;/h3-5H,9-10H2,1-2H3;/q-1;. The Bertz CT molecular complexity index is 105. The van der Waals surface area contributed by atoms with Gasteiger partial charge in [-0.15, -0.1) is 0 Å². The topological polar surface area (TPSA) is 52.0 Å². The molecule has 72 valence electrons. The fraction of sp³-hybridized carbons (Fsp3) is 0.833. The summed E-state index contributed by atoms with van der Waals surface area (Å²) < 4.78 is -1.19. The Morgan fingerprint density at radius 2 is 1.73 bits per heavy atom. The average molecular weight is 379 g/mol. The summed E-state index contributed by atoms with van der Waals surface area (Å²) in [6, 6.07) is 0. The van der Waals surface area contributed by atoms with E-state index in [1.807, 2.05) is 13.8 Å². The molecular weight excluding hydrogens is 366 g/mol. The van der Waals surface area contributed by atoms with Gasteiger partial charge in [-0.25, -0.2) is 0 Å². The van der Waals surface area contributed by atoms with Crippen LogP contribution in [-0.4, -0.2) is 4.46 Å². The molecule has 0 radical (unpaired) electrons. The van der Waals surface area contributed by atoms with Gasteiger partial charge >= 0.3 is 0 Å². The Balaban J connectivity index is 0. The van der Waals surface area contributed by atoms with Gasteiger partial charge in [0.25, 0.3) is 0 Å². The van der Waals surface area contributed by atoms with Crippen molar-refractivity contribution in [2.75, 3.05) is 0 Å². The second-order valence-corrected chi connectivity index (χ2v) is 3.96. The maximum Gasteiger partial charge on any atom is 0.166 e. The summed E-state index contributed by atoms with van der Waals surface area (Å²) in [6.07, 6.45) is 0. The van der Waals surface area contributed by atoms with Gasteiger partial charge < -0.3 is 11.5 Å². The van der Waals surface area contributed by atoms with E-state index in [1.54, 1.807) is 0 Å². The van der Waals surface area contributed by atoms with Gasteiger partial charge in [-0.3, -0.25) is 6.54 Å². The van der Waals surface area contributed by atoms with Crippen molar-refractivity contribution in [3.63, 3.8) is 0 Å². The summed E-state index contributed by atoms with van der Waals surface area (Å²) in [5.74, 6) is 0.0841. The van der Waals surface area contributed by atoms with Crippen LogP contribution in [0.25, 0.3) is 0 Å². The molecule has 0 saturated heterocycles. The zero-order valence-corrected chi connectivity index (χ0v) is 10.2. The Morgan fingerprint density at radius 1 is 1.36 bits per heavy atom. The van der Waals surface area contributed by atoms with Gasteiger partial charge in [0, 0.05) is 21.1 Å². The van der Waals surface area contributed by atoms with Crippen LogP contribution in [0, 0.1) is 18.4 Å². The minimum atomic E-state index is -1.19. The smallest absolute Gasteiger partial charge is 0.166 e. The molecule has 4 N–H and O–H groups in total. The maximum absolute atomic E-state index is 5.62. The van der Waals surface area contributed by atoms with E-state index in [4.69, 9.17) is 34.7 Å². The second-order valence-electron chi connectivity index (χ2n) is 2.51. The Labute approximate surface area is 92.2 Å². The van der Waals surface area contributed by atoms with Crippen molar-refractivity contribution in [1.82, 2.24) is 0 Å². The van der Waals surface area contributed by atoms with Gasteiger partial charge in [0.05, 0.1) is 0 Å². The van der Waals surface area contributed by atoms with Crippen molar-refractivity contribution in [2.24, 2.45) is 23.3 Å². The van der Waals surface area contributed by atoms with Gasteiger partial charge in [-0.05, 0) is 5.92 Å². The first-order valence-corrected chi connectivity index (χ1v) is 3.87. The van der Waals surface area contributed by atoms with Gasteiger partial charge in [-0.1, -0.05) is 37.0 Å². The molecule has 0 fully saturated rings. The number of alkyl halides is 2. The summed E-state index contributed by atoms with van der Waals surface area (Å²) in [6.45, 7) is 5.31. The van der Waals surface area contributed by atoms with Gasteiger partial charge in [-0.2, -0.15) is 5.92 Å². The van der Waals surface area contributed by atoms with Crippen LogP contribution in [0.4, 0.5) is 0 Å². The first kappa shape index (κ1) is 14.7. The first-order chi connectivity index (χ1) is 4.39. The fourth-order valence-electron chi connectivity index (χ4n) is 0.517. The summed E-state index contributed by atoms with van der Waals surface area (Å²) in [7, 11) is 0. The van der Waals surface area contributed by atoms with E-state index in [2.05, 4.69) is 0 Å². The normalized spacial score (nSPS) is 16.9. The maximum atomic E-state index is 5.62. The Kier molecular flexibility index (Phi) is 7.71.